The summed E-state index contributed by atoms with van der Waals surface area (Å²) >= 11 is 7.05. The summed E-state index contributed by atoms with van der Waals surface area (Å²) in [5.74, 6) is 1.13. The van der Waals surface area contributed by atoms with Crippen LogP contribution in [0.25, 0.3) is 11.0 Å². The number of halogens is 2. The molecule has 3 aromatic rings. The zero-order valence-electron chi connectivity index (χ0n) is 16.4. The van der Waals surface area contributed by atoms with Gasteiger partial charge in [-0.2, -0.15) is 0 Å². The number of unbranched alkanes of at least 4 members (excludes halogenated alkanes) is 1. The molecule has 0 aliphatic rings. The molecule has 154 valence electrons. The van der Waals surface area contributed by atoms with E-state index in [2.05, 4.69) is 54.9 Å². The zero-order valence-corrected chi connectivity index (χ0v) is 19.6. The van der Waals surface area contributed by atoms with Gasteiger partial charge in [-0.05, 0) is 56.5 Å². The fraction of sp³-hybridized carbons (Fsp3) is 0.318. The molecule has 1 aromatic heterocycles. The number of aryl methyl sites for hydroxylation is 1. The Kier molecular flexibility index (Phi) is 7.61. The Morgan fingerprint density at radius 3 is 2.72 bits per heavy atom. The minimum absolute atomic E-state index is 0.162. The Morgan fingerprint density at radius 2 is 1.97 bits per heavy atom. The number of anilines is 1. The molecule has 0 spiro atoms. The smallest absolute Gasteiger partial charge is 0.343 e. The quantitative estimate of drug-likeness (QED) is 0.325. The highest BCUT2D eigenvalue weighted by Crippen LogP contribution is 2.39. The summed E-state index contributed by atoms with van der Waals surface area (Å²) in [4.78, 5) is 11.4. The average Bonchev–Trinajstić information content (AvgIpc) is 3.08. The van der Waals surface area contributed by atoms with Gasteiger partial charge in [-0.3, -0.25) is 0 Å². The second kappa shape index (κ2) is 10.2. The molecule has 0 atom stereocenters. The normalized spacial score (nSPS) is 10.9. The van der Waals surface area contributed by atoms with Gasteiger partial charge in [0.1, 0.15) is 11.3 Å². The fourth-order valence-electron chi connectivity index (χ4n) is 3.06. The first-order chi connectivity index (χ1) is 14.0. The van der Waals surface area contributed by atoms with Gasteiger partial charge in [0, 0.05) is 23.9 Å². The summed E-state index contributed by atoms with van der Waals surface area (Å²) in [7, 11) is 1.33. The van der Waals surface area contributed by atoms with E-state index in [9.17, 15) is 4.79 Å². The predicted molar refractivity (Wildman–Crippen MR) is 122 cm³/mol. The van der Waals surface area contributed by atoms with E-state index in [-0.39, 0.29) is 6.61 Å². The van der Waals surface area contributed by atoms with Gasteiger partial charge in [0.05, 0.1) is 21.7 Å². The number of carbonyl (C=O) groups is 1. The Balaban J connectivity index is 1.83. The number of furan rings is 1. The number of methoxy groups -OCH3 is 1. The maximum Gasteiger partial charge on any atom is 0.343 e. The first-order valence-corrected chi connectivity index (χ1v) is 11.0. The molecule has 3 rings (SSSR count). The third-order valence-electron chi connectivity index (χ3n) is 4.61. The number of fused-ring (bicyclic) bond motifs is 1. The van der Waals surface area contributed by atoms with E-state index in [1.165, 1.54) is 12.7 Å². The highest BCUT2D eigenvalue weighted by Gasteiger charge is 2.16. The van der Waals surface area contributed by atoms with Crippen LogP contribution in [0, 0.1) is 0 Å². The number of carbonyl (C=O) groups excluding carboxylic acids is 1. The van der Waals surface area contributed by atoms with Gasteiger partial charge in [-0.1, -0.05) is 31.5 Å². The Hall–Kier alpha value is -1.99. The molecule has 0 saturated heterocycles. The molecule has 0 fully saturated rings. The van der Waals surface area contributed by atoms with Crippen LogP contribution in [-0.4, -0.2) is 19.7 Å². The van der Waals surface area contributed by atoms with Crippen LogP contribution in [0.2, 0.25) is 0 Å². The van der Waals surface area contributed by atoms with Gasteiger partial charge < -0.3 is 19.2 Å². The van der Waals surface area contributed by atoms with Crippen molar-refractivity contribution in [3.8, 4) is 5.75 Å². The second-order valence-corrected chi connectivity index (χ2v) is 8.21. The number of hydrogen-bond donors (Lipinski definition) is 1. The first-order valence-electron chi connectivity index (χ1n) is 9.45. The van der Waals surface area contributed by atoms with Crippen molar-refractivity contribution in [3.05, 3.63) is 56.7 Å². The summed E-state index contributed by atoms with van der Waals surface area (Å²) < 4.78 is 17.8. The van der Waals surface area contributed by atoms with Crippen molar-refractivity contribution in [3.63, 3.8) is 0 Å². The van der Waals surface area contributed by atoms with Crippen molar-refractivity contribution < 1.29 is 18.7 Å². The lowest BCUT2D eigenvalue weighted by atomic mass is 10.1. The molecule has 1 heterocycles. The van der Waals surface area contributed by atoms with Crippen LogP contribution in [0.3, 0.4) is 0 Å². The van der Waals surface area contributed by atoms with Gasteiger partial charge in [-0.15, -0.1) is 0 Å². The van der Waals surface area contributed by atoms with Crippen molar-refractivity contribution in [1.29, 1.82) is 0 Å². The largest absolute Gasteiger partial charge is 0.479 e. The molecule has 0 aliphatic carbocycles. The lowest BCUT2D eigenvalue weighted by Gasteiger charge is -2.14. The average molecular weight is 525 g/mol. The Morgan fingerprint density at radius 1 is 1.17 bits per heavy atom. The summed E-state index contributed by atoms with van der Waals surface area (Å²) in [5.41, 5.74) is 2.94. The number of hydrogen-bond acceptors (Lipinski definition) is 5. The number of benzene rings is 2. The maximum absolute atomic E-state index is 11.4. The number of rotatable bonds is 9. The van der Waals surface area contributed by atoms with Gasteiger partial charge >= 0.3 is 5.97 Å². The van der Waals surface area contributed by atoms with Crippen LogP contribution in [0.15, 0.2) is 49.8 Å². The van der Waals surface area contributed by atoms with Crippen LogP contribution in [0.5, 0.6) is 5.75 Å². The number of esters is 1. The summed E-state index contributed by atoms with van der Waals surface area (Å²) in [6.07, 6.45) is 3.11. The molecule has 0 radical (unpaired) electrons. The highest BCUT2D eigenvalue weighted by atomic mass is 79.9. The van der Waals surface area contributed by atoms with Crippen LogP contribution in [-0.2, 0) is 22.5 Å². The third-order valence-corrected chi connectivity index (χ3v) is 6.02. The highest BCUT2D eigenvalue weighted by molar-refractivity contribution is 9.11. The molecule has 2 aromatic carbocycles. The van der Waals surface area contributed by atoms with E-state index >= 15 is 0 Å². The van der Waals surface area contributed by atoms with Crippen molar-refractivity contribution in [1.82, 2.24) is 0 Å². The molecule has 0 aliphatic heterocycles. The maximum atomic E-state index is 11.4. The molecule has 0 saturated carbocycles. The summed E-state index contributed by atoms with van der Waals surface area (Å²) in [5, 5.41) is 4.60. The van der Waals surface area contributed by atoms with Crippen LogP contribution >= 0.6 is 31.9 Å². The van der Waals surface area contributed by atoms with Gasteiger partial charge in [0.2, 0.25) is 0 Å². The Bertz CT molecular complexity index is 1000. The van der Waals surface area contributed by atoms with Crippen molar-refractivity contribution in [2.75, 3.05) is 19.0 Å². The Labute approximate surface area is 187 Å². The molecule has 29 heavy (non-hydrogen) atoms. The summed E-state index contributed by atoms with van der Waals surface area (Å²) in [6, 6.07) is 11.9. The molecule has 0 unspecified atom stereocenters. The molecule has 5 nitrogen and oxygen atoms in total. The molecule has 1 N–H and O–H groups in total. The lowest BCUT2D eigenvalue weighted by molar-refractivity contribution is -0.142. The zero-order chi connectivity index (χ0) is 20.8. The monoisotopic (exact) mass is 523 g/mol. The van der Waals surface area contributed by atoms with Crippen molar-refractivity contribution in [2.45, 2.75) is 32.7 Å². The van der Waals surface area contributed by atoms with Crippen LogP contribution in [0.4, 0.5) is 5.69 Å². The molecular weight excluding hydrogens is 502 g/mol. The fourth-order valence-corrected chi connectivity index (χ4v) is 4.37. The van der Waals surface area contributed by atoms with Crippen molar-refractivity contribution in [2.24, 2.45) is 0 Å². The van der Waals surface area contributed by atoms with Gasteiger partial charge in [-0.25, -0.2) is 4.79 Å². The predicted octanol–water partition coefficient (Wildman–Crippen LogP) is 6.46. The molecule has 7 heteroatoms. The van der Waals surface area contributed by atoms with Crippen LogP contribution in [0.1, 0.15) is 31.1 Å². The van der Waals surface area contributed by atoms with Crippen molar-refractivity contribution >= 4 is 54.5 Å². The molecule has 0 bridgehead atoms. The number of para-hydroxylation sites is 1. The molecule has 0 amide bonds. The van der Waals surface area contributed by atoms with E-state index in [1.54, 1.807) is 0 Å². The minimum atomic E-state index is -0.437. The third kappa shape index (κ3) is 5.14. The standard InChI is InChI=1S/C22H23Br2NO4/c1-3-4-8-19-15(14-7-5-6-9-18(14)29-19)12-25-17-11-10-16(23)22(21(17)24)28-13-20(26)27-2/h5-7,9-11,25H,3-4,8,12-13H2,1-2H3. The number of ether oxygens (including phenoxy) is 2. The number of nitrogens with one attached hydrogen (secondary N) is 1. The van der Waals surface area contributed by atoms with E-state index in [0.717, 1.165) is 50.6 Å². The summed E-state index contributed by atoms with van der Waals surface area (Å²) in [6.45, 7) is 2.63. The second-order valence-electron chi connectivity index (χ2n) is 6.56. The van der Waals surface area contributed by atoms with Gasteiger partial charge in [0.15, 0.2) is 12.4 Å². The SMILES string of the molecule is CCCCc1oc2ccccc2c1CNc1ccc(Br)c(OCC(=O)OC)c1Br. The first kappa shape index (κ1) is 21.7. The lowest BCUT2D eigenvalue weighted by Crippen LogP contribution is -2.13. The van der Waals surface area contributed by atoms with E-state index in [4.69, 9.17) is 9.15 Å². The minimum Gasteiger partial charge on any atom is -0.479 e. The molecular formula is C22H23Br2NO4. The van der Waals surface area contributed by atoms with Gasteiger partial charge in [0.25, 0.3) is 0 Å². The van der Waals surface area contributed by atoms with E-state index < -0.39 is 5.97 Å². The van der Waals surface area contributed by atoms with Crippen LogP contribution < -0.4 is 10.1 Å². The van der Waals surface area contributed by atoms with E-state index in [1.807, 2.05) is 30.3 Å². The van der Waals surface area contributed by atoms with E-state index in [0.29, 0.717) is 12.3 Å². The topological polar surface area (TPSA) is 60.7 Å².